The van der Waals surface area contributed by atoms with Gasteiger partial charge in [-0.1, -0.05) is 50.6 Å². The smallest absolute Gasteiger partial charge is 0.326 e. The van der Waals surface area contributed by atoms with Gasteiger partial charge in [-0.15, -0.1) is 0 Å². The van der Waals surface area contributed by atoms with Crippen LogP contribution in [0.25, 0.3) is 10.9 Å². The van der Waals surface area contributed by atoms with Crippen LogP contribution in [-0.2, 0) is 60.8 Å². The quantitative estimate of drug-likeness (QED) is 0.0173. The van der Waals surface area contributed by atoms with Crippen LogP contribution >= 0.6 is 0 Å². The number of aromatic hydroxyl groups is 1. The number of phenols is 1. The van der Waals surface area contributed by atoms with Crippen molar-refractivity contribution in [3.8, 4) is 5.75 Å². The topological polar surface area (TPSA) is 486 Å². The first-order chi connectivity index (χ1) is 40.4. The van der Waals surface area contributed by atoms with E-state index in [0.29, 0.717) is 54.1 Å². The second kappa shape index (κ2) is 32.1. The lowest BCUT2D eigenvalue weighted by Gasteiger charge is -2.31. The zero-order valence-electron chi connectivity index (χ0n) is 48.2. The first-order valence-corrected chi connectivity index (χ1v) is 28.5. The maximum Gasteiger partial charge on any atom is 0.326 e. The van der Waals surface area contributed by atoms with Crippen LogP contribution in [0.1, 0.15) is 103 Å². The predicted molar refractivity (Wildman–Crippen MR) is 314 cm³/mol. The fraction of sp³-hybridized carbons (Fsp3) is 0.536. The van der Waals surface area contributed by atoms with Crippen LogP contribution in [0.3, 0.4) is 0 Å². The lowest BCUT2D eigenvalue weighted by atomic mass is 9.96. The number of aromatic amines is 1. The number of carbonyl (C=O) groups excluding carboxylic acids is 9. The van der Waals surface area contributed by atoms with Crippen LogP contribution in [0.5, 0.6) is 5.75 Å². The van der Waals surface area contributed by atoms with Crippen molar-refractivity contribution in [2.45, 2.75) is 159 Å². The Balaban J connectivity index is 1.34. The molecule has 0 radical (unpaired) electrons. The number of carboxylic acids is 1. The molecule has 3 heterocycles. The largest absolute Gasteiger partial charge is 0.508 e. The summed E-state index contributed by atoms with van der Waals surface area (Å²) in [6.07, 6.45) is 2.95. The summed E-state index contributed by atoms with van der Waals surface area (Å²) in [5.74, 6) is -9.03. The number of aromatic nitrogens is 1. The van der Waals surface area contributed by atoms with Gasteiger partial charge in [-0.3, -0.25) is 53.1 Å². The van der Waals surface area contributed by atoms with Gasteiger partial charge in [0.2, 0.25) is 53.2 Å². The highest BCUT2D eigenvalue weighted by Crippen LogP contribution is 2.24. The van der Waals surface area contributed by atoms with Gasteiger partial charge in [-0.05, 0) is 100.0 Å². The van der Waals surface area contributed by atoms with Gasteiger partial charge in [0.25, 0.3) is 0 Å². The zero-order valence-corrected chi connectivity index (χ0v) is 48.2. The number of rotatable bonds is 32. The van der Waals surface area contributed by atoms with Gasteiger partial charge in [-0.2, -0.15) is 0 Å². The van der Waals surface area contributed by atoms with Gasteiger partial charge in [0.1, 0.15) is 54.1 Å². The molecule has 0 saturated carbocycles. The molecule has 464 valence electrons. The number of fused-ring (bicyclic) bond motifs is 1. The van der Waals surface area contributed by atoms with E-state index in [9.17, 15) is 58.2 Å². The average molecular weight is 1190 g/mol. The number of hydrogen-bond donors (Lipinski definition) is 15. The Morgan fingerprint density at radius 1 is 0.647 bits per heavy atom. The average Bonchev–Trinajstić information content (AvgIpc) is 3.98. The highest BCUT2D eigenvalue weighted by molar-refractivity contribution is 5.99. The van der Waals surface area contributed by atoms with Crippen molar-refractivity contribution in [1.82, 2.24) is 46.7 Å². The molecule has 85 heavy (non-hydrogen) atoms. The number of nitrogens with one attached hydrogen (secondary N) is 7. The number of aliphatic carboxylic acids is 1. The molecule has 29 heteroatoms. The number of amides is 9. The van der Waals surface area contributed by atoms with Gasteiger partial charge in [0.15, 0.2) is 11.9 Å². The number of hydrogen-bond acceptors (Lipinski definition) is 14. The van der Waals surface area contributed by atoms with Crippen LogP contribution < -0.4 is 66.3 Å². The third kappa shape index (κ3) is 19.8. The summed E-state index contributed by atoms with van der Waals surface area (Å²) in [7, 11) is 0. The summed E-state index contributed by atoms with van der Waals surface area (Å²) in [5.41, 5.74) is 35.4. The summed E-state index contributed by atoms with van der Waals surface area (Å²) in [6, 6.07) is 1.65. The third-order valence-electron chi connectivity index (χ3n) is 15.1. The molecule has 0 bridgehead atoms. The highest BCUT2D eigenvalue weighted by atomic mass is 16.4. The monoisotopic (exact) mass is 1190 g/mol. The molecule has 2 aliphatic heterocycles. The van der Waals surface area contributed by atoms with Crippen LogP contribution in [0.15, 0.2) is 64.7 Å². The van der Waals surface area contributed by atoms with Crippen molar-refractivity contribution in [3.05, 3.63) is 65.9 Å². The van der Waals surface area contributed by atoms with Gasteiger partial charge in [-0.25, -0.2) is 4.79 Å². The van der Waals surface area contributed by atoms with Crippen molar-refractivity contribution < 1.29 is 58.2 Å². The fourth-order valence-electron chi connectivity index (χ4n) is 10.2. The second-order valence-corrected chi connectivity index (χ2v) is 21.5. The molecule has 9 amide bonds. The number of primary amides is 1. The minimum absolute atomic E-state index is 0.00271. The van der Waals surface area contributed by atoms with Crippen LogP contribution in [0.2, 0.25) is 0 Å². The number of para-hydroxylation sites is 1. The van der Waals surface area contributed by atoms with E-state index in [1.807, 2.05) is 6.07 Å². The van der Waals surface area contributed by atoms with E-state index in [1.165, 1.54) is 41.0 Å². The molecular weight excluding hydrogens is 1100 g/mol. The number of carboxylic acid groups (broad SMARTS) is 1. The lowest BCUT2D eigenvalue weighted by Crippen LogP contribution is -2.61. The molecular formula is C56H83N17O12. The van der Waals surface area contributed by atoms with E-state index in [1.54, 1.807) is 38.2 Å². The first-order valence-electron chi connectivity index (χ1n) is 28.5. The number of guanidine groups is 2. The molecule has 0 spiro atoms. The molecule has 2 saturated heterocycles. The lowest BCUT2D eigenvalue weighted by molar-refractivity contribution is -0.143. The molecule has 3 aromatic rings. The maximum absolute atomic E-state index is 14.7. The van der Waals surface area contributed by atoms with Gasteiger partial charge >= 0.3 is 5.97 Å². The molecule has 5 rings (SSSR count). The Bertz CT molecular complexity index is 2910. The van der Waals surface area contributed by atoms with E-state index in [0.717, 1.165) is 0 Å². The molecule has 21 N–H and O–H groups in total. The van der Waals surface area contributed by atoms with Crippen LogP contribution in [-0.4, -0.2) is 177 Å². The number of likely N-dealkylation sites (tertiary alicyclic amines) is 2. The Morgan fingerprint density at radius 3 is 1.78 bits per heavy atom. The second-order valence-electron chi connectivity index (χ2n) is 21.5. The summed E-state index contributed by atoms with van der Waals surface area (Å²) in [4.78, 5) is 152. The Labute approximate surface area is 492 Å². The summed E-state index contributed by atoms with van der Waals surface area (Å²) in [5, 5.41) is 36.6. The first kappa shape index (κ1) is 66.8. The van der Waals surface area contributed by atoms with E-state index in [-0.39, 0.29) is 88.8 Å². The molecule has 0 aliphatic carbocycles. The van der Waals surface area contributed by atoms with Crippen LogP contribution in [0.4, 0.5) is 0 Å². The molecule has 1 aromatic heterocycles. The third-order valence-corrected chi connectivity index (χ3v) is 15.1. The number of benzene rings is 2. The summed E-state index contributed by atoms with van der Waals surface area (Å²) in [6.45, 7) is 5.54. The normalized spacial score (nSPS) is 17.6. The summed E-state index contributed by atoms with van der Waals surface area (Å²) < 4.78 is 0. The zero-order chi connectivity index (χ0) is 62.5. The molecule has 2 aromatic carbocycles. The number of aliphatic imine (C=N–C) groups is 2. The van der Waals surface area contributed by atoms with Crippen molar-refractivity contribution in [2.75, 3.05) is 26.2 Å². The van der Waals surface area contributed by atoms with Crippen molar-refractivity contribution in [3.63, 3.8) is 0 Å². The maximum atomic E-state index is 14.7. The molecule has 29 nitrogen and oxygen atoms in total. The number of nitrogens with two attached hydrogens (primary N) is 6. The Hall–Kier alpha value is -9.02. The van der Waals surface area contributed by atoms with E-state index >= 15 is 0 Å². The highest BCUT2D eigenvalue weighted by Gasteiger charge is 2.41. The van der Waals surface area contributed by atoms with Crippen LogP contribution in [0, 0.1) is 5.92 Å². The van der Waals surface area contributed by atoms with E-state index in [2.05, 4.69) is 46.9 Å². The van der Waals surface area contributed by atoms with Crippen molar-refractivity contribution >= 4 is 82.0 Å². The van der Waals surface area contributed by atoms with Crippen molar-refractivity contribution in [2.24, 2.45) is 50.3 Å². The SMILES string of the molecule is CC[C@H](C)[C@H](NC(=O)[C@H](Cc1c[nH]c2ccccc12)NC(=O)[C@H](CCCN=C(N)N)NC(=O)[C@H](CCC(N)=O)NC(=O)[C@@H]1CCCN1C(=O)[C@H](C)NC(=O)[C@@H]1CCCN1C(=O)[C@@H](N)CCCN=C(N)N)C(=O)N[C@@H](Cc1ccc(O)cc1)C(=O)O. The van der Waals surface area contributed by atoms with Crippen molar-refractivity contribution in [1.29, 1.82) is 0 Å². The van der Waals surface area contributed by atoms with E-state index in [4.69, 9.17) is 34.4 Å². The molecule has 10 atom stereocenters. The van der Waals surface area contributed by atoms with Gasteiger partial charge < -0.3 is 91.3 Å². The minimum Gasteiger partial charge on any atom is -0.508 e. The van der Waals surface area contributed by atoms with Gasteiger partial charge in [0.05, 0.1) is 6.04 Å². The minimum atomic E-state index is -1.52. The predicted octanol–water partition coefficient (Wildman–Crippen LogP) is -2.60. The number of phenolic OH excluding ortho intramolecular Hbond substituents is 1. The van der Waals surface area contributed by atoms with E-state index < -0.39 is 126 Å². The summed E-state index contributed by atoms with van der Waals surface area (Å²) >= 11 is 0. The Kier molecular flexibility index (Phi) is 25.3. The Morgan fingerprint density at radius 2 is 1.19 bits per heavy atom. The number of H-pyrrole nitrogens is 1. The number of carbonyl (C=O) groups is 10. The standard InChI is InChI=1S/C56H83N17O12/c1-4-30(2)45(51(81)70-41(54(84)85)27-32-17-19-34(74)20-18-32)71-48(78)40(28-33-29-65-37-13-6-5-11-35(33)37)69-46(76)38(14-8-24-64-56(61)62)67-47(77)39(21-22-44(58)75)68-50(80)43-16-9-25-72(43)52(82)31(3)66-49(79)42-15-10-26-73(42)53(83)36(57)12-7-23-63-55(59)60/h5-6,11,13,17-20,29-31,36,38-43,45,65,74H,4,7-10,12,14-16,21-28,57H2,1-3H3,(H2,58,75)(H,66,79)(H,67,77)(H,68,80)(H,69,76)(H,70,81)(H,71,78)(H,84,85)(H4,59,60,63)(H4,61,62,64)/t30-,31-,36-,38-,39-,40-,41-,42-,43-,45-/m0/s1. The number of nitrogens with zero attached hydrogens (tertiary/aromatic N) is 4. The molecule has 2 aliphatic rings. The molecule has 2 fully saturated rings. The fourth-order valence-corrected chi connectivity index (χ4v) is 10.2. The van der Waals surface area contributed by atoms with Gasteiger partial charge in [0, 0.05) is 62.5 Å². The molecule has 0 unspecified atom stereocenters.